The molecule has 0 spiro atoms. The largest absolute Gasteiger partial charge is 0.494 e. The van der Waals surface area contributed by atoms with E-state index < -0.39 is 0 Å². The van der Waals surface area contributed by atoms with Crippen molar-refractivity contribution in [2.24, 2.45) is 5.92 Å². The molecule has 0 saturated heterocycles. The van der Waals surface area contributed by atoms with Crippen molar-refractivity contribution in [2.45, 2.75) is 37.8 Å². The highest BCUT2D eigenvalue weighted by molar-refractivity contribution is 7.99. The van der Waals surface area contributed by atoms with E-state index in [1.165, 1.54) is 29.3 Å². The van der Waals surface area contributed by atoms with E-state index in [4.69, 9.17) is 9.72 Å². The molecule has 1 unspecified atom stereocenters. The van der Waals surface area contributed by atoms with Gasteiger partial charge in [0.2, 0.25) is 0 Å². The first kappa shape index (κ1) is 20.9. The first-order valence-electron chi connectivity index (χ1n) is 10.0. The Morgan fingerprint density at radius 3 is 2.90 bits per heavy atom. The van der Waals surface area contributed by atoms with Gasteiger partial charge in [-0.15, -0.1) is 11.3 Å². The maximum atomic E-state index is 12.6. The first-order valence-corrected chi connectivity index (χ1v) is 11.8. The van der Waals surface area contributed by atoms with E-state index in [1.807, 2.05) is 0 Å². The van der Waals surface area contributed by atoms with Crippen LogP contribution in [-0.2, 0) is 17.6 Å². The molecule has 1 aromatic carbocycles. The van der Waals surface area contributed by atoms with Crippen molar-refractivity contribution in [3.63, 3.8) is 0 Å². The van der Waals surface area contributed by atoms with Crippen LogP contribution in [0.5, 0.6) is 5.75 Å². The summed E-state index contributed by atoms with van der Waals surface area (Å²) in [5.41, 5.74) is 1.69. The Morgan fingerprint density at radius 2 is 2.13 bits per heavy atom. The number of benzene rings is 1. The van der Waals surface area contributed by atoms with Crippen LogP contribution in [0.4, 0.5) is 0 Å². The molecular formula is C22H24N2O4S2. The number of rotatable bonds is 7. The molecule has 3 aromatic rings. The molecule has 1 atom stereocenters. The zero-order valence-electron chi connectivity index (χ0n) is 17.0. The molecule has 1 aliphatic rings. The number of carbonyl (C=O) groups is 1. The third-order valence-electron chi connectivity index (χ3n) is 5.22. The summed E-state index contributed by atoms with van der Waals surface area (Å²) < 4.78 is 10.4. The van der Waals surface area contributed by atoms with Crippen LogP contribution in [0.25, 0.3) is 10.2 Å². The predicted molar refractivity (Wildman–Crippen MR) is 120 cm³/mol. The molecule has 158 valence electrons. The number of aromatic amines is 1. The maximum absolute atomic E-state index is 12.6. The van der Waals surface area contributed by atoms with Gasteiger partial charge in [-0.1, -0.05) is 18.7 Å². The van der Waals surface area contributed by atoms with Gasteiger partial charge in [-0.2, -0.15) is 0 Å². The number of thiophene rings is 1. The second-order valence-electron chi connectivity index (χ2n) is 7.47. The molecular weight excluding hydrogens is 420 g/mol. The van der Waals surface area contributed by atoms with E-state index in [0.717, 1.165) is 41.7 Å². The van der Waals surface area contributed by atoms with Gasteiger partial charge in [0.1, 0.15) is 10.6 Å². The molecule has 0 bridgehead atoms. The Hall–Kier alpha value is -2.32. The van der Waals surface area contributed by atoms with Gasteiger partial charge in [-0.3, -0.25) is 4.79 Å². The average molecular weight is 445 g/mol. The Balaban J connectivity index is 1.31. The molecule has 2 heterocycles. The van der Waals surface area contributed by atoms with Gasteiger partial charge in [0.05, 0.1) is 24.7 Å². The van der Waals surface area contributed by atoms with Crippen LogP contribution in [0.3, 0.4) is 0 Å². The quantitative estimate of drug-likeness (QED) is 0.251. The van der Waals surface area contributed by atoms with Crippen LogP contribution in [0.2, 0.25) is 0 Å². The lowest BCUT2D eigenvalue weighted by atomic mass is 9.89. The molecule has 4 rings (SSSR count). The Morgan fingerprint density at radius 1 is 1.33 bits per heavy atom. The zero-order chi connectivity index (χ0) is 21.1. The van der Waals surface area contributed by atoms with Gasteiger partial charge in [-0.25, -0.2) is 9.78 Å². The molecule has 1 N–H and O–H groups in total. The van der Waals surface area contributed by atoms with Gasteiger partial charge in [0, 0.05) is 10.6 Å². The van der Waals surface area contributed by atoms with E-state index >= 15 is 0 Å². The zero-order valence-corrected chi connectivity index (χ0v) is 18.7. The van der Waals surface area contributed by atoms with Crippen molar-refractivity contribution < 1.29 is 14.3 Å². The van der Waals surface area contributed by atoms with Gasteiger partial charge in [0.15, 0.2) is 5.16 Å². The minimum Gasteiger partial charge on any atom is -0.494 e. The van der Waals surface area contributed by atoms with E-state index in [2.05, 4.69) is 16.6 Å². The number of aromatic nitrogens is 2. The second kappa shape index (κ2) is 9.22. The third-order valence-corrected chi connectivity index (χ3v) is 7.32. The average Bonchev–Trinajstić information content (AvgIpc) is 3.11. The summed E-state index contributed by atoms with van der Waals surface area (Å²) in [6.07, 6.45) is 3.98. The van der Waals surface area contributed by atoms with E-state index in [1.54, 1.807) is 35.6 Å². The van der Waals surface area contributed by atoms with Crippen LogP contribution in [0, 0.1) is 5.92 Å². The Labute approximate surface area is 183 Å². The summed E-state index contributed by atoms with van der Waals surface area (Å²) in [4.78, 5) is 33.9. The van der Waals surface area contributed by atoms with Crippen LogP contribution in [0.1, 0.15) is 40.6 Å². The number of nitrogens with one attached hydrogen (secondary N) is 1. The standard InChI is InChI=1S/C22H24N2O4S2/c1-13-4-9-16-17(12-13)30-20-18(16)19(25)23-22(24-20)29-11-3-10-28-15-7-5-14(6-8-15)21(26)27-2/h5-8,13H,3-4,9-12H2,1-2H3,(H,23,24,25). The summed E-state index contributed by atoms with van der Waals surface area (Å²) in [5.74, 6) is 1.81. The van der Waals surface area contributed by atoms with Crippen LogP contribution in [0.15, 0.2) is 34.2 Å². The molecule has 0 amide bonds. The van der Waals surface area contributed by atoms with E-state index in [-0.39, 0.29) is 11.5 Å². The number of aryl methyl sites for hydroxylation is 1. The topological polar surface area (TPSA) is 81.3 Å². The monoisotopic (exact) mass is 444 g/mol. The molecule has 6 nitrogen and oxygen atoms in total. The second-order valence-corrected chi connectivity index (χ2v) is 9.64. The summed E-state index contributed by atoms with van der Waals surface area (Å²) in [5, 5.41) is 1.46. The van der Waals surface area contributed by atoms with Crippen LogP contribution in [-0.4, -0.2) is 35.4 Å². The highest BCUT2D eigenvalue weighted by atomic mass is 32.2. The summed E-state index contributed by atoms with van der Waals surface area (Å²) >= 11 is 3.21. The highest BCUT2D eigenvalue weighted by Gasteiger charge is 2.23. The molecule has 8 heteroatoms. The molecule has 30 heavy (non-hydrogen) atoms. The minimum atomic E-state index is -0.363. The number of esters is 1. The highest BCUT2D eigenvalue weighted by Crippen LogP contribution is 2.36. The first-order chi connectivity index (χ1) is 14.5. The number of nitrogens with zero attached hydrogens (tertiary/aromatic N) is 1. The van der Waals surface area contributed by atoms with Crippen molar-refractivity contribution in [1.82, 2.24) is 9.97 Å². The van der Waals surface area contributed by atoms with Gasteiger partial charge in [0.25, 0.3) is 5.56 Å². The Kier molecular flexibility index (Phi) is 6.43. The number of carbonyl (C=O) groups excluding carboxylic acids is 1. The number of thioether (sulfide) groups is 1. The number of H-pyrrole nitrogens is 1. The molecule has 0 aliphatic heterocycles. The molecule has 1 aliphatic carbocycles. The van der Waals surface area contributed by atoms with Gasteiger partial charge < -0.3 is 14.5 Å². The minimum absolute atomic E-state index is 0.0171. The van der Waals surface area contributed by atoms with Crippen molar-refractivity contribution in [2.75, 3.05) is 19.5 Å². The number of hydrogen-bond acceptors (Lipinski definition) is 7. The lowest BCUT2D eigenvalue weighted by Crippen LogP contribution is -2.13. The smallest absolute Gasteiger partial charge is 0.337 e. The van der Waals surface area contributed by atoms with Crippen molar-refractivity contribution in [1.29, 1.82) is 0 Å². The predicted octanol–water partition coefficient (Wildman–Crippen LogP) is 4.46. The summed E-state index contributed by atoms with van der Waals surface area (Å²) in [7, 11) is 1.36. The Bertz CT molecular complexity index is 1100. The SMILES string of the molecule is COC(=O)c1ccc(OCCCSc2nc3sc4c(c3c(=O)[nH]2)CCC(C)C4)cc1. The fourth-order valence-electron chi connectivity index (χ4n) is 3.62. The van der Waals surface area contributed by atoms with Crippen LogP contribution >= 0.6 is 23.1 Å². The van der Waals surface area contributed by atoms with Gasteiger partial charge >= 0.3 is 5.97 Å². The third kappa shape index (κ3) is 4.54. The molecule has 0 saturated carbocycles. The van der Waals surface area contributed by atoms with Crippen molar-refractivity contribution >= 4 is 39.3 Å². The number of fused-ring (bicyclic) bond motifs is 3. The molecule has 0 fully saturated rings. The van der Waals surface area contributed by atoms with Gasteiger partial charge in [-0.05, 0) is 61.4 Å². The van der Waals surface area contributed by atoms with Crippen molar-refractivity contribution in [3.8, 4) is 5.75 Å². The molecule has 2 aromatic heterocycles. The van der Waals surface area contributed by atoms with E-state index in [9.17, 15) is 9.59 Å². The lowest BCUT2D eigenvalue weighted by molar-refractivity contribution is 0.0600. The molecule has 0 radical (unpaired) electrons. The normalized spacial score (nSPS) is 15.7. The summed E-state index contributed by atoms with van der Waals surface area (Å²) in [6, 6.07) is 6.87. The fraction of sp³-hybridized carbons (Fsp3) is 0.409. The van der Waals surface area contributed by atoms with Crippen LogP contribution < -0.4 is 10.3 Å². The number of methoxy groups -OCH3 is 1. The fourth-order valence-corrected chi connectivity index (χ4v) is 5.84. The number of ether oxygens (including phenoxy) is 2. The lowest BCUT2D eigenvalue weighted by Gasteiger charge is -2.17. The van der Waals surface area contributed by atoms with E-state index in [0.29, 0.717) is 29.0 Å². The summed E-state index contributed by atoms with van der Waals surface area (Å²) in [6.45, 7) is 2.81. The van der Waals surface area contributed by atoms with Crippen molar-refractivity contribution in [3.05, 3.63) is 50.6 Å². The number of hydrogen-bond donors (Lipinski definition) is 1. The maximum Gasteiger partial charge on any atom is 0.337 e.